The van der Waals surface area contributed by atoms with Crippen LogP contribution in [0.2, 0.25) is 0 Å². The Hall–Kier alpha value is -4.36. The van der Waals surface area contributed by atoms with Gasteiger partial charge in [0.15, 0.2) is 11.7 Å². The Labute approximate surface area is 249 Å². The minimum Gasteiger partial charge on any atom is -0.483 e. The van der Waals surface area contributed by atoms with Crippen molar-refractivity contribution in [3.8, 4) is 5.75 Å². The fourth-order valence-electron chi connectivity index (χ4n) is 5.08. The first-order valence-electron chi connectivity index (χ1n) is 13.6. The number of para-hydroxylation sites is 1. The molecule has 2 aliphatic rings. The minimum atomic E-state index is -0.650. The third-order valence-electron chi connectivity index (χ3n) is 7.17. The van der Waals surface area contributed by atoms with Crippen LogP contribution in [0.3, 0.4) is 0 Å². The lowest BCUT2D eigenvalue weighted by Gasteiger charge is -2.30. The number of nitro groups is 1. The van der Waals surface area contributed by atoms with Gasteiger partial charge in [0, 0.05) is 28.5 Å². The summed E-state index contributed by atoms with van der Waals surface area (Å²) in [5.41, 5.74) is 5.17. The molecular weight excluding hydrogens is 560 g/mol. The maximum Gasteiger partial charge on any atom is 0.338 e. The molecule has 13 heteroatoms. The van der Waals surface area contributed by atoms with Gasteiger partial charge in [0.05, 0.1) is 29.4 Å². The highest BCUT2D eigenvalue weighted by Crippen LogP contribution is 2.35. The summed E-state index contributed by atoms with van der Waals surface area (Å²) in [6, 6.07) is 11.3. The number of piperidine rings is 1. The molecule has 1 atom stereocenters. The number of nitrogens with one attached hydrogen (secondary N) is 3. The van der Waals surface area contributed by atoms with Crippen molar-refractivity contribution in [2.24, 2.45) is 5.10 Å². The maximum atomic E-state index is 12.7. The Morgan fingerprint density at radius 2 is 1.95 bits per heavy atom. The molecule has 0 aliphatic carbocycles. The molecule has 42 heavy (non-hydrogen) atoms. The van der Waals surface area contributed by atoms with Gasteiger partial charge in [-0.25, -0.2) is 10.2 Å². The van der Waals surface area contributed by atoms with E-state index in [9.17, 15) is 19.7 Å². The highest BCUT2D eigenvalue weighted by molar-refractivity contribution is 7.80. The lowest BCUT2D eigenvalue weighted by atomic mass is 9.88. The molecule has 4 rings (SSSR count). The first-order valence-corrected chi connectivity index (χ1v) is 14.0. The second-order valence-corrected chi connectivity index (χ2v) is 10.5. The first-order chi connectivity index (χ1) is 20.2. The van der Waals surface area contributed by atoms with Crippen LogP contribution in [0.5, 0.6) is 5.75 Å². The van der Waals surface area contributed by atoms with Gasteiger partial charge in [0.25, 0.3) is 11.6 Å². The van der Waals surface area contributed by atoms with E-state index in [1.54, 1.807) is 50.2 Å². The molecule has 1 fully saturated rings. The van der Waals surface area contributed by atoms with Gasteiger partial charge in [-0.3, -0.25) is 14.9 Å². The zero-order valence-electron chi connectivity index (χ0n) is 23.7. The molecule has 0 unspecified atom stereocenters. The van der Waals surface area contributed by atoms with Crippen molar-refractivity contribution in [2.45, 2.75) is 38.6 Å². The number of hydrazone groups is 1. The topological polar surface area (TPSA) is 147 Å². The number of carbonyl (C=O) groups excluding carboxylic acids is 2. The fourth-order valence-corrected chi connectivity index (χ4v) is 5.35. The van der Waals surface area contributed by atoms with E-state index >= 15 is 0 Å². The average molecular weight is 595 g/mol. The summed E-state index contributed by atoms with van der Waals surface area (Å²) in [6.45, 7) is 5.10. The van der Waals surface area contributed by atoms with E-state index in [4.69, 9.17) is 21.7 Å². The Balaban J connectivity index is 1.41. The number of ether oxygens (including phenoxy) is 2. The van der Waals surface area contributed by atoms with Gasteiger partial charge in [0.2, 0.25) is 0 Å². The van der Waals surface area contributed by atoms with Crippen molar-refractivity contribution in [1.82, 2.24) is 21.0 Å². The van der Waals surface area contributed by atoms with Gasteiger partial charge in [-0.2, -0.15) is 5.10 Å². The van der Waals surface area contributed by atoms with E-state index in [2.05, 4.69) is 26.1 Å². The van der Waals surface area contributed by atoms with Crippen LogP contribution in [0.25, 0.3) is 0 Å². The number of thiocarbonyl (C=S) groups is 1. The van der Waals surface area contributed by atoms with Crippen LogP contribution in [0.15, 0.2) is 58.8 Å². The number of allylic oxidation sites excluding steroid dienone is 1. The number of carbonyl (C=O) groups is 2. The van der Waals surface area contributed by atoms with E-state index in [1.807, 2.05) is 7.05 Å². The quantitative estimate of drug-likeness (QED) is 0.123. The van der Waals surface area contributed by atoms with Crippen LogP contribution in [-0.2, 0) is 14.3 Å². The summed E-state index contributed by atoms with van der Waals surface area (Å²) in [5, 5.41) is 22.1. The van der Waals surface area contributed by atoms with Gasteiger partial charge >= 0.3 is 5.97 Å². The molecule has 1 amide bonds. The van der Waals surface area contributed by atoms with Gasteiger partial charge < -0.3 is 25.0 Å². The number of hydrogen-bond donors (Lipinski definition) is 3. The summed E-state index contributed by atoms with van der Waals surface area (Å²) in [4.78, 5) is 38.9. The zero-order chi connectivity index (χ0) is 30.2. The Kier molecular flexibility index (Phi) is 10.2. The molecule has 2 aromatic carbocycles. The van der Waals surface area contributed by atoms with Crippen LogP contribution in [-0.4, -0.2) is 66.4 Å². The molecular formula is C29H34N6O6S. The van der Waals surface area contributed by atoms with Gasteiger partial charge in [0.1, 0.15) is 5.75 Å². The number of amides is 1. The lowest BCUT2D eigenvalue weighted by Crippen LogP contribution is -2.45. The first kappa shape index (κ1) is 30.6. The molecule has 222 valence electrons. The number of benzene rings is 2. The highest BCUT2D eigenvalue weighted by Gasteiger charge is 2.32. The third kappa shape index (κ3) is 7.47. The van der Waals surface area contributed by atoms with Crippen molar-refractivity contribution < 1.29 is 24.0 Å². The van der Waals surface area contributed by atoms with Crippen LogP contribution in [0.4, 0.5) is 5.69 Å². The molecule has 1 saturated heterocycles. The van der Waals surface area contributed by atoms with Gasteiger partial charge in [-0.05, 0) is 71.0 Å². The van der Waals surface area contributed by atoms with E-state index in [0.29, 0.717) is 33.3 Å². The highest BCUT2D eigenvalue weighted by atomic mass is 32.1. The predicted octanol–water partition coefficient (Wildman–Crippen LogP) is 3.29. The van der Waals surface area contributed by atoms with Crippen molar-refractivity contribution in [3.63, 3.8) is 0 Å². The molecule has 0 spiro atoms. The van der Waals surface area contributed by atoms with Crippen LogP contribution >= 0.6 is 12.2 Å². The van der Waals surface area contributed by atoms with E-state index in [-0.39, 0.29) is 29.7 Å². The number of nitro benzene ring substituents is 1. The SMILES string of the molecule is CCOC(=O)C1=C(C)NC(=S)N[C@H]1c1ccccc1OCC(=O)NN=Cc1ccc(C2CCN(C)CC2)c([N+](=O)[O-])c1. The summed E-state index contributed by atoms with van der Waals surface area (Å²) in [7, 11) is 2.05. The molecule has 3 N–H and O–H groups in total. The Bertz CT molecular complexity index is 1420. The van der Waals surface area contributed by atoms with Crippen LogP contribution in [0, 0.1) is 10.1 Å². The molecule has 0 saturated carbocycles. The Morgan fingerprint density at radius 3 is 2.67 bits per heavy atom. The number of hydrogen-bond acceptors (Lipinski definition) is 9. The summed E-state index contributed by atoms with van der Waals surface area (Å²) in [6.07, 6.45) is 3.09. The summed E-state index contributed by atoms with van der Waals surface area (Å²) in [5.74, 6) is -0.530. The summed E-state index contributed by atoms with van der Waals surface area (Å²) < 4.78 is 11.0. The van der Waals surface area contributed by atoms with E-state index in [0.717, 1.165) is 31.5 Å². The minimum absolute atomic E-state index is 0.0530. The molecule has 2 aliphatic heterocycles. The van der Waals surface area contributed by atoms with E-state index < -0.39 is 17.9 Å². The number of likely N-dealkylation sites (tertiary alicyclic amines) is 1. The normalized spacial score (nSPS) is 17.9. The smallest absolute Gasteiger partial charge is 0.338 e. The van der Waals surface area contributed by atoms with Gasteiger partial charge in [-0.1, -0.05) is 30.3 Å². The second-order valence-electron chi connectivity index (χ2n) is 10.1. The van der Waals surface area contributed by atoms with Crippen LogP contribution < -0.4 is 20.8 Å². The fraction of sp³-hybridized carbons (Fsp3) is 0.379. The van der Waals surface area contributed by atoms with Crippen molar-refractivity contribution >= 4 is 41.1 Å². The number of nitrogens with zero attached hydrogens (tertiary/aromatic N) is 3. The predicted molar refractivity (Wildman–Crippen MR) is 161 cm³/mol. The van der Waals surface area contributed by atoms with Gasteiger partial charge in [-0.15, -0.1) is 0 Å². The number of rotatable bonds is 10. The monoisotopic (exact) mass is 594 g/mol. The molecule has 12 nitrogen and oxygen atoms in total. The van der Waals surface area contributed by atoms with Crippen molar-refractivity contribution in [2.75, 3.05) is 33.4 Å². The van der Waals surface area contributed by atoms with Crippen LogP contribution in [0.1, 0.15) is 55.3 Å². The summed E-state index contributed by atoms with van der Waals surface area (Å²) >= 11 is 5.30. The maximum absolute atomic E-state index is 12.7. The second kappa shape index (κ2) is 14.0. The molecule has 2 heterocycles. The number of esters is 1. The Morgan fingerprint density at radius 1 is 1.21 bits per heavy atom. The van der Waals surface area contributed by atoms with Crippen molar-refractivity contribution in [3.05, 3.63) is 80.5 Å². The van der Waals surface area contributed by atoms with Crippen molar-refractivity contribution in [1.29, 1.82) is 0 Å². The lowest BCUT2D eigenvalue weighted by molar-refractivity contribution is -0.385. The average Bonchev–Trinajstić information content (AvgIpc) is 2.96. The zero-order valence-corrected chi connectivity index (χ0v) is 24.5. The third-order valence-corrected chi connectivity index (χ3v) is 7.39. The molecule has 0 bridgehead atoms. The molecule has 0 aromatic heterocycles. The molecule has 2 aromatic rings. The van der Waals surface area contributed by atoms with E-state index in [1.165, 1.54) is 12.3 Å². The standard InChI is InChI=1S/C29H34N6O6S/c1-4-40-28(37)26-18(2)31-29(42)32-27(26)22-7-5-6-8-24(22)41-17-25(36)33-30-16-19-9-10-21(23(15-19)35(38)39)20-11-13-34(3)14-12-20/h5-10,15-16,20,27H,4,11-14,17H2,1-3H3,(H,33,36)(H2,31,32,42)/t27-/m0/s1. The molecule has 0 radical (unpaired) electrons. The largest absolute Gasteiger partial charge is 0.483 e.